The van der Waals surface area contributed by atoms with Gasteiger partial charge in [-0.3, -0.25) is 14.7 Å². The van der Waals surface area contributed by atoms with Crippen LogP contribution in [-0.4, -0.2) is 27.4 Å². The molecule has 154 valence electrons. The Kier molecular flexibility index (Phi) is 5.10. The van der Waals surface area contributed by atoms with Crippen molar-refractivity contribution < 1.29 is 9.90 Å². The van der Waals surface area contributed by atoms with E-state index in [0.717, 1.165) is 37.1 Å². The third-order valence-corrected chi connectivity index (χ3v) is 5.83. The number of carbonyl (C=O) groups excluding carboxylic acids is 1. The highest BCUT2D eigenvalue weighted by atomic mass is 16.3. The highest BCUT2D eigenvalue weighted by molar-refractivity contribution is 6.05. The molecule has 0 atom stereocenters. The topological polar surface area (TPSA) is 65.5 Å². The Morgan fingerprint density at radius 1 is 1.03 bits per heavy atom. The van der Waals surface area contributed by atoms with Crippen LogP contribution in [0.3, 0.4) is 0 Å². The third kappa shape index (κ3) is 4.00. The Balaban J connectivity index is 1.35. The lowest BCUT2D eigenvalue weighted by molar-refractivity contribution is 0.102. The van der Waals surface area contributed by atoms with Crippen LogP contribution < -0.4 is 5.32 Å². The van der Waals surface area contributed by atoms with E-state index in [-0.39, 0.29) is 11.7 Å². The molecule has 3 aromatic carbocycles. The Morgan fingerprint density at radius 2 is 1.90 bits per heavy atom. The minimum absolute atomic E-state index is 0.132. The van der Waals surface area contributed by atoms with Crippen LogP contribution in [0.15, 0.2) is 79.0 Å². The first-order valence-electron chi connectivity index (χ1n) is 10.4. The van der Waals surface area contributed by atoms with Gasteiger partial charge in [0.15, 0.2) is 0 Å². The number of hydrogen-bond acceptors (Lipinski definition) is 4. The van der Waals surface area contributed by atoms with Gasteiger partial charge in [0.1, 0.15) is 5.75 Å². The molecule has 0 spiro atoms. The standard InChI is InChI=1S/C26H23N3O2/c30-21-7-4-6-20(15-21)28-26(31)24-9-3-5-18-16-29(14-12-22(18)24)17-19-11-13-27-25-10-2-1-8-23(19)25/h1-11,13,15,30H,12,14,16-17H2,(H,28,31). The van der Waals surface area contributed by atoms with Crippen LogP contribution in [0.2, 0.25) is 0 Å². The van der Waals surface area contributed by atoms with Gasteiger partial charge < -0.3 is 10.4 Å². The molecule has 2 heterocycles. The number of benzene rings is 3. The normalized spacial score (nSPS) is 13.7. The van der Waals surface area contributed by atoms with Gasteiger partial charge in [-0.15, -0.1) is 0 Å². The number of carbonyl (C=O) groups is 1. The number of fused-ring (bicyclic) bond motifs is 2. The van der Waals surface area contributed by atoms with E-state index < -0.39 is 0 Å². The van der Waals surface area contributed by atoms with Crippen LogP contribution in [0, 0.1) is 0 Å². The van der Waals surface area contributed by atoms with Gasteiger partial charge in [0, 0.05) is 48.5 Å². The summed E-state index contributed by atoms with van der Waals surface area (Å²) in [6.07, 6.45) is 2.70. The maximum Gasteiger partial charge on any atom is 0.255 e. The summed E-state index contributed by atoms with van der Waals surface area (Å²) in [6, 6.07) is 22.9. The number of anilines is 1. The average Bonchev–Trinajstić information content (AvgIpc) is 2.79. The molecule has 1 aliphatic heterocycles. The third-order valence-electron chi connectivity index (χ3n) is 5.83. The fraction of sp³-hybridized carbons (Fsp3) is 0.154. The molecular formula is C26H23N3O2. The Morgan fingerprint density at radius 3 is 2.81 bits per heavy atom. The Bertz CT molecular complexity index is 1260. The van der Waals surface area contributed by atoms with E-state index in [0.29, 0.717) is 11.3 Å². The zero-order chi connectivity index (χ0) is 21.2. The smallest absolute Gasteiger partial charge is 0.255 e. The largest absolute Gasteiger partial charge is 0.508 e. The quantitative estimate of drug-likeness (QED) is 0.510. The van der Waals surface area contributed by atoms with Gasteiger partial charge in [-0.05, 0) is 53.4 Å². The zero-order valence-corrected chi connectivity index (χ0v) is 17.1. The van der Waals surface area contributed by atoms with Crippen molar-refractivity contribution >= 4 is 22.5 Å². The van der Waals surface area contributed by atoms with E-state index >= 15 is 0 Å². The maximum atomic E-state index is 12.9. The van der Waals surface area contributed by atoms with E-state index in [1.807, 2.05) is 30.5 Å². The predicted octanol–water partition coefficient (Wildman–Crippen LogP) is 4.75. The summed E-state index contributed by atoms with van der Waals surface area (Å²) in [7, 11) is 0. The molecule has 0 radical (unpaired) electrons. The molecule has 0 unspecified atom stereocenters. The number of phenolic OH excluding ortho intramolecular Hbond substituents is 1. The molecule has 1 amide bonds. The summed E-state index contributed by atoms with van der Waals surface area (Å²) in [5.74, 6) is -0.0109. The molecular weight excluding hydrogens is 386 g/mol. The van der Waals surface area contributed by atoms with Crippen LogP contribution in [0.25, 0.3) is 10.9 Å². The van der Waals surface area contributed by atoms with Crippen molar-refractivity contribution in [3.8, 4) is 5.75 Å². The SMILES string of the molecule is O=C(Nc1cccc(O)c1)c1cccc2c1CCN(Cc1ccnc3ccccc13)C2. The first kappa shape index (κ1) is 19.3. The predicted molar refractivity (Wildman–Crippen MR) is 122 cm³/mol. The highest BCUT2D eigenvalue weighted by Gasteiger charge is 2.22. The highest BCUT2D eigenvalue weighted by Crippen LogP contribution is 2.26. The first-order chi connectivity index (χ1) is 15.2. The van der Waals surface area contributed by atoms with Gasteiger partial charge in [0.05, 0.1) is 5.52 Å². The van der Waals surface area contributed by atoms with Crippen molar-refractivity contribution in [2.45, 2.75) is 19.5 Å². The monoisotopic (exact) mass is 409 g/mol. The second-order valence-electron chi connectivity index (χ2n) is 7.90. The first-order valence-corrected chi connectivity index (χ1v) is 10.4. The molecule has 0 bridgehead atoms. The summed E-state index contributed by atoms with van der Waals surface area (Å²) in [5.41, 5.74) is 5.87. The van der Waals surface area contributed by atoms with Gasteiger partial charge >= 0.3 is 0 Å². The molecule has 0 saturated carbocycles. The average molecular weight is 409 g/mol. The van der Waals surface area contributed by atoms with Crippen LogP contribution in [0.5, 0.6) is 5.75 Å². The Hall–Kier alpha value is -3.70. The molecule has 4 aromatic rings. The zero-order valence-electron chi connectivity index (χ0n) is 17.1. The second kappa shape index (κ2) is 8.20. The molecule has 5 nitrogen and oxygen atoms in total. The van der Waals surface area contributed by atoms with E-state index in [4.69, 9.17) is 0 Å². The van der Waals surface area contributed by atoms with Crippen molar-refractivity contribution in [2.75, 3.05) is 11.9 Å². The Labute approximate surface area is 181 Å². The minimum Gasteiger partial charge on any atom is -0.508 e. The molecule has 0 aliphatic carbocycles. The molecule has 0 fully saturated rings. The van der Waals surface area contributed by atoms with Crippen LogP contribution >= 0.6 is 0 Å². The number of nitrogens with one attached hydrogen (secondary N) is 1. The van der Waals surface area contributed by atoms with Gasteiger partial charge in [0.25, 0.3) is 5.91 Å². The summed E-state index contributed by atoms with van der Waals surface area (Å²) >= 11 is 0. The number of aromatic nitrogens is 1. The van der Waals surface area contributed by atoms with Crippen LogP contribution in [0.1, 0.15) is 27.0 Å². The number of amides is 1. The van der Waals surface area contributed by atoms with Crippen molar-refractivity contribution in [3.05, 3.63) is 101 Å². The molecule has 31 heavy (non-hydrogen) atoms. The number of phenols is 1. The number of pyridine rings is 1. The number of hydrogen-bond donors (Lipinski definition) is 2. The van der Waals surface area contributed by atoms with Crippen molar-refractivity contribution in [2.24, 2.45) is 0 Å². The number of para-hydroxylation sites is 1. The van der Waals surface area contributed by atoms with Gasteiger partial charge in [0.2, 0.25) is 0 Å². The minimum atomic E-state index is -0.143. The molecule has 5 rings (SSSR count). The lowest BCUT2D eigenvalue weighted by atomic mass is 9.93. The van der Waals surface area contributed by atoms with Gasteiger partial charge in [-0.2, -0.15) is 0 Å². The molecule has 1 aliphatic rings. The van der Waals surface area contributed by atoms with Crippen molar-refractivity contribution in [1.82, 2.24) is 9.88 Å². The van der Waals surface area contributed by atoms with Crippen molar-refractivity contribution in [3.63, 3.8) is 0 Å². The van der Waals surface area contributed by atoms with E-state index in [2.05, 4.69) is 39.5 Å². The second-order valence-corrected chi connectivity index (χ2v) is 7.90. The van der Waals surface area contributed by atoms with Crippen LogP contribution in [0.4, 0.5) is 5.69 Å². The summed E-state index contributed by atoms with van der Waals surface area (Å²) < 4.78 is 0. The van der Waals surface area contributed by atoms with Gasteiger partial charge in [-0.1, -0.05) is 36.4 Å². The lowest BCUT2D eigenvalue weighted by Crippen LogP contribution is -2.31. The molecule has 2 N–H and O–H groups in total. The van der Waals surface area contributed by atoms with E-state index in [1.165, 1.54) is 16.5 Å². The van der Waals surface area contributed by atoms with E-state index in [1.54, 1.807) is 24.3 Å². The molecule has 0 saturated heterocycles. The molecule has 1 aromatic heterocycles. The number of rotatable bonds is 4. The molecule has 5 heteroatoms. The van der Waals surface area contributed by atoms with E-state index in [9.17, 15) is 9.90 Å². The van der Waals surface area contributed by atoms with Crippen molar-refractivity contribution in [1.29, 1.82) is 0 Å². The van der Waals surface area contributed by atoms with Gasteiger partial charge in [-0.25, -0.2) is 0 Å². The summed E-state index contributed by atoms with van der Waals surface area (Å²) in [5, 5.41) is 13.7. The number of aromatic hydroxyl groups is 1. The number of nitrogens with zero attached hydrogens (tertiary/aromatic N) is 2. The fourth-order valence-electron chi connectivity index (χ4n) is 4.33. The van der Waals surface area contributed by atoms with Crippen LogP contribution in [-0.2, 0) is 19.5 Å². The lowest BCUT2D eigenvalue weighted by Gasteiger charge is -2.30. The summed E-state index contributed by atoms with van der Waals surface area (Å²) in [4.78, 5) is 19.8. The summed E-state index contributed by atoms with van der Waals surface area (Å²) in [6.45, 7) is 2.54. The fourth-order valence-corrected chi connectivity index (χ4v) is 4.33. The maximum absolute atomic E-state index is 12.9.